The summed E-state index contributed by atoms with van der Waals surface area (Å²) in [6.07, 6.45) is 0.0659. The Morgan fingerprint density at radius 3 is 2.54 bits per heavy atom. The van der Waals surface area contributed by atoms with Gasteiger partial charge in [-0.2, -0.15) is 0 Å². The maximum Gasteiger partial charge on any atom is 0.225 e. The van der Waals surface area contributed by atoms with Gasteiger partial charge in [0, 0.05) is 22.6 Å². The molecule has 28 heavy (non-hydrogen) atoms. The van der Waals surface area contributed by atoms with Crippen molar-refractivity contribution in [1.82, 2.24) is 0 Å². The first-order chi connectivity index (χ1) is 13.4. The number of carbonyl (C=O) groups is 1. The average molecular weight is 417 g/mol. The van der Waals surface area contributed by atoms with Crippen molar-refractivity contribution in [2.24, 2.45) is 0 Å². The summed E-state index contributed by atoms with van der Waals surface area (Å²) in [5.74, 6) is -0.736. The summed E-state index contributed by atoms with van der Waals surface area (Å²) in [4.78, 5) is 13.0. The molecule has 1 aromatic heterocycles. The maximum absolute atomic E-state index is 14.3. The molecule has 2 aromatic carbocycles. The highest BCUT2D eigenvalue weighted by molar-refractivity contribution is 7.91. The Morgan fingerprint density at radius 2 is 1.86 bits per heavy atom. The average Bonchev–Trinajstić information content (AvgIpc) is 3.12. The molecule has 1 aliphatic rings. The smallest absolute Gasteiger partial charge is 0.225 e. The second-order valence-corrected chi connectivity index (χ2v) is 9.17. The maximum atomic E-state index is 14.3. The van der Waals surface area contributed by atoms with Crippen LogP contribution in [0.3, 0.4) is 0 Å². The molecule has 1 N–H and O–H groups in total. The van der Waals surface area contributed by atoms with Crippen molar-refractivity contribution in [3.63, 3.8) is 0 Å². The number of thiophene rings is 1. The number of sulfone groups is 1. The van der Waals surface area contributed by atoms with Crippen LogP contribution in [0.25, 0.3) is 0 Å². The lowest BCUT2D eigenvalue weighted by atomic mass is 9.90. The fraction of sp³-hybridized carbons (Fsp3) is 0.150. The van der Waals surface area contributed by atoms with Gasteiger partial charge >= 0.3 is 0 Å². The van der Waals surface area contributed by atoms with Gasteiger partial charge in [0.25, 0.3) is 0 Å². The van der Waals surface area contributed by atoms with Crippen LogP contribution in [0.15, 0.2) is 63.7 Å². The summed E-state index contributed by atoms with van der Waals surface area (Å²) in [7, 11) is -2.36. The van der Waals surface area contributed by atoms with Crippen molar-refractivity contribution >= 4 is 32.8 Å². The first-order valence-corrected chi connectivity index (χ1v) is 10.8. The SMILES string of the molecule is COc1ccc(S(=O)(=O)c2csc3c2NC(=O)CC3c2ccccc2F)cc1. The number of carbonyl (C=O) groups excluding carboxylic acids is 1. The first kappa shape index (κ1) is 18.6. The van der Waals surface area contributed by atoms with E-state index in [2.05, 4.69) is 5.32 Å². The Bertz CT molecular complexity index is 1150. The van der Waals surface area contributed by atoms with E-state index in [9.17, 15) is 17.6 Å². The molecule has 0 spiro atoms. The number of rotatable bonds is 4. The van der Waals surface area contributed by atoms with Crippen LogP contribution < -0.4 is 10.1 Å². The van der Waals surface area contributed by atoms with Crippen molar-refractivity contribution in [3.8, 4) is 5.75 Å². The highest BCUT2D eigenvalue weighted by atomic mass is 32.2. The van der Waals surface area contributed by atoms with E-state index in [4.69, 9.17) is 4.74 Å². The fourth-order valence-corrected chi connectivity index (χ4v) is 6.19. The van der Waals surface area contributed by atoms with Crippen LogP contribution in [-0.4, -0.2) is 21.4 Å². The van der Waals surface area contributed by atoms with Crippen LogP contribution in [-0.2, 0) is 14.6 Å². The number of anilines is 1. The molecule has 8 heteroatoms. The monoisotopic (exact) mass is 417 g/mol. The number of nitrogens with one attached hydrogen (secondary N) is 1. The van der Waals surface area contributed by atoms with Gasteiger partial charge < -0.3 is 10.1 Å². The van der Waals surface area contributed by atoms with Gasteiger partial charge in [0.2, 0.25) is 15.7 Å². The van der Waals surface area contributed by atoms with Crippen LogP contribution in [0.1, 0.15) is 22.8 Å². The van der Waals surface area contributed by atoms with Crippen LogP contribution in [0, 0.1) is 5.82 Å². The predicted octanol–water partition coefficient (Wildman–Crippen LogP) is 4.20. The molecular weight excluding hydrogens is 401 g/mol. The lowest BCUT2D eigenvalue weighted by molar-refractivity contribution is -0.116. The third-order valence-corrected chi connectivity index (χ3v) is 7.74. The third kappa shape index (κ3) is 3.08. The minimum absolute atomic E-state index is 0.0204. The molecule has 5 nitrogen and oxygen atoms in total. The van der Waals surface area contributed by atoms with Gasteiger partial charge in [-0.15, -0.1) is 11.3 Å². The molecule has 1 unspecified atom stereocenters. The van der Waals surface area contributed by atoms with Crippen LogP contribution in [0.5, 0.6) is 5.75 Å². The van der Waals surface area contributed by atoms with E-state index in [-0.39, 0.29) is 27.8 Å². The van der Waals surface area contributed by atoms with Gasteiger partial charge in [-0.05, 0) is 35.9 Å². The molecule has 4 rings (SSSR count). The zero-order chi connectivity index (χ0) is 19.9. The number of benzene rings is 2. The summed E-state index contributed by atoms with van der Waals surface area (Å²) in [6, 6.07) is 12.3. The Morgan fingerprint density at radius 1 is 1.14 bits per heavy atom. The van der Waals surface area contributed by atoms with Gasteiger partial charge in [-0.3, -0.25) is 4.79 Å². The number of hydrogen-bond acceptors (Lipinski definition) is 5. The number of amides is 1. The fourth-order valence-electron chi connectivity index (χ4n) is 3.29. The van der Waals surface area contributed by atoms with E-state index < -0.39 is 21.6 Å². The molecule has 0 saturated carbocycles. The molecule has 144 valence electrons. The van der Waals surface area contributed by atoms with Crippen LogP contribution >= 0.6 is 11.3 Å². The Balaban J connectivity index is 1.82. The molecule has 2 heterocycles. The molecule has 1 amide bonds. The van der Waals surface area contributed by atoms with Gasteiger partial charge in [0.1, 0.15) is 16.5 Å². The molecule has 0 aliphatic carbocycles. The summed E-state index contributed by atoms with van der Waals surface area (Å²) >= 11 is 1.21. The summed E-state index contributed by atoms with van der Waals surface area (Å²) in [5.41, 5.74) is 0.624. The molecule has 1 atom stereocenters. The van der Waals surface area contributed by atoms with Crippen LogP contribution in [0.4, 0.5) is 10.1 Å². The summed E-state index contributed by atoms with van der Waals surface area (Å²) in [5, 5.41) is 4.17. The Labute approximate surface area is 165 Å². The van der Waals surface area contributed by atoms with E-state index in [0.717, 1.165) is 0 Å². The van der Waals surface area contributed by atoms with E-state index in [0.29, 0.717) is 16.2 Å². The number of halogens is 1. The third-order valence-electron chi connectivity index (χ3n) is 4.70. The van der Waals surface area contributed by atoms with Gasteiger partial charge in [0.15, 0.2) is 0 Å². The lowest BCUT2D eigenvalue weighted by Crippen LogP contribution is -2.24. The molecule has 0 fully saturated rings. The molecule has 3 aromatic rings. The Kier molecular flexibility index (Phi) is 4.68. The zero-order valence-corrected chi connectivity index (χ0v) is 16.4. The normalized spacial score (nSPS) is 16.4. The van der Waals surface area contributed by atoms with E-state index in [1.807, 2.05) is 0 Å². The van der Waals surface area contributed by atoms with E-state index in [1.165, 1.54) is 42.0 Å². The molecular formula is C20H16FNO4S2. The second-order valence-electron chi connectivity index (χ2n) is 6.34. The largest absolute Gasteiger partial charge is 0.497 e. The topological polar surface area (TPSA) is 72.5 Å². The second kappa shape index (κ2) is 7.03. The van der Waals surface area contributed by atoms with Gasteiger partial charge in [-0.25, -0.2) is 12.8 Å². The highest BCUT2D eigenvalue weighted by Gasteiger charge is 2.35. The van der Waals surface area contributed by atoms with Crippen LogP contribution in [0.2, 0.25) is 0 Å². The highest BCUT2D eigenvalue weighted by Crippen LogP contribution is 2.46. The standard InChI is InChI=1S/C20H16FNO4S2/c1-26-12-6-8-13(9-7-12)28(24,25)17-11-27-20-15(10-18(23)22-19(17)20)14-4-2-3-5-16(14)21/h2-9,11,15H,10H2,1H3,(H,22,23). The van der Waals surface area contributed by atoms with Crippen molar-refractivity contribution in [3.05, 3.63) is 70.2 Å². The van der Waals surface area contributed by atoms with Crippen molar-refractivity contribution < 1.29 is 22.3 Å². The molecule has 0 radical (unpaired) electrons. The quantitative estimate of drug-likeness (QED) is 0.691. The number of fused-ring (bicyclic) bond motifs is 1. The van der Waals surface area contributed by atoms with Crippen molar-refractivity contribution in [2.75, 3.05) is 12.4 Å². The summed E-state index contributed by atoms with van der Waals surface area (Å²) in [6.45, 7) is 0. The first-order valence-electron chi connectivity index (χ1n) is 8.46. The van der Waals surface area contributed by atoms with Crippen molar-refractivity contribution in [2.45, 2.75) is 22.1 Å². The summed E-state index contributed by atoms with van der Waals surface area (Å²) < 4.78 is 45.6. The predicted molar refractivity (Wildman–Crippen MR) is 104 cm³/mol. The number of ether oxygens (including phenoxy) is 1. The van der Waals surface area contributed by atoms with Gasteiger partial charge in [-0.1, -0.05) is 18.2 Å². The molecule has 1 aliphatic heterocycles. The number of methoxy groups -OCH3 is 1. The minimum Gasteiger partial charge on any atom is -0.497 e. The minimum atomic E-state index is -3.85. The molecule has 0 saturated heterocycles. The molecule has 0 bridgehead atoms. The van der Waals surface area contributed by atoms with E-state index >= 15 is 0 Å². The van der Waals surface area contributed by atoms with Gasteiger partial charge in [0.05, 0.1) is 17.7 Å². The Hall–Kier alpha value is -2.71. The van der Waals surface area contributed by atoms with Crippen molar-refractivity contribution in [1.29, 1.82) is 0 Å². The number of hydrogen-bond donors (Lipinski definition) is 1. The zero-order valence-electron chi connectivity index (χ0n) is 14.8. The lowest BCUT2D eigenvalue weighted by Gasteiger charge is -2.24. The van der Waals surface area contributed by atoms with E-state index in [1.54, 1.807) is 30.3 Å².